The second kappa shape index (κ2) is 9.44. The first-order valence-corrected chi connectivity index (χ1v) is 13.0. The monoisotopic (exact) mass is 568 g/mol. The number of benzene rings is 8. The van der Waals surface area contributed by atoms with Crippen LogP contribution >= 0.6 is 0 Å². The zero-order chi connectivity index (χ0) is 47.5. The summed E-state index contributed by atoms with van der Waals surface area (Å²) in [5.74, 6) is 0. The predicted molar refractivity (Wildman–Crippen MR) is 183 cm³/mol. The van der Waals surface area contributed by atoms with E-state index in [1.54, 1.807) is 0 Å². The van der Waals surface area contributed by atoms with Gasteiger partial charge in [-0.15, -0.1) is 0 Å². The van der Waals surface area contributed by atoms with E-state index in [4.69, 9.17) is 29.1 Å². The van der Waals surface area contributed by atoms with E-state index in [0.717, 1.165) is 12.1 Å². The fraction of sp³-hybridized carbons (Fsp3) is 0. The van der Waals surface area contributed by atoms with Crippen LogP contribution in [0, 0.1) is 0 Å². The third kappa shape index (κ3) is 3.72. The molecule has 0 radical (unpaired) electrons. The van der Waals surface area contributed by atoms with Crippen molar-refractivity contribution in [3.8, 4) is 33.4 Å². The zero-order valence-electron chi connectivity index (χ0n) is 43.7. The Morgan fingerprint density at radius 2 is 1.00 bits per heavy atom. The van der Waals surface area contributed by atoms with Crippen molar-refractivity contribution in [1.82, 2.24) is 0 Å². The average molecular weight is 569 g/mol. The molecule has 1 heteroatoms. The molecule has 200 valence electrons. The molecule has 0 bridgehead atoms. The molecule has 9 rings (SSSR count). The Balaban J connectivity index is 1.53. The molecule has 1 aromatic heterocycles. The van der Waals surface area contributed by atoms with Crippen molar-refractivity contribution in [3.63, 3.8) is 0 Å². The predicted octanol–water partition coefficient (Wildman–Crippen LogP) is 12.0. The molecule has 1 nitrogen and oxygen atoms in total. The van der Waals surface area contributed by atoms with Crippen LogP contribution in [0.5, 0.6) is 0 Å². The first-order chi connectivity index (χ1) is 30.5. The van der Waals surface area contributed by atoms with Crippen molar-refractivity contribution in [2.24, 2.45) is 0 Å². The number of furan rings is 1. The van der Waals surface area contributed by atoms with Crippen LogP contribution < -0.4 is 0 Å². The van der Waals surface area contributed by atoms with Crippen molar-refractivity contribution in [1.29, 1.82) is 0 Å². The highest BCUT2D eigenvalue weighted by molar-refractivity contribution is 6.25. The first-order valence-electron chi connectivity index (χ1n) is 24.0. The normalized spacial score (nSPS) is 18.9. The summed E-state index contributed by atoms with van der Waals surface area (Å²) in [5, 5.41) is -1.75. The molecule has 0 fully saturated rings. The first kappa shape index (κ1) is 10.9. The van der Waals surface area contributed by atoms with E-state index in [1.165, 1.54) is 12.1 Å². The minimum Gasteiger partial charge on any atom is -0.456 e. The van der Waals surface area contributed by atoms with E-state index in [1.807, 2.05) is 0 Å². The summed E-state index contributed by atoms with van der Waals surface area (Å²) in [5.41, 5.74) is -3.11. The van der Waals surface area contributed by atoms with Gasteiger partial charge in [0, 0.05) is 10.8 Å². The van der Waals surface area contributed by atoms with E-state index < -0.39 is 172 Å². The van der Waals surface area contributed by atoms with Gasteiger partial charge in [-0.3, -0.25) is 0 Å². The zero-order valence-corrected chi connectivity index (χ0v) is 21.7. The van der Waals surface area contributed by atoms with Gasteiger partial charge in [0.25, 0.3) is 0 Å². The molecule has 8 aromatic carbocycles. The van der Waals surface area contributed by atoms with Crippen LogP contribution in [0.3, 0.4) is 0 Å². The Labute approximate surface area is 280 Å². The average Bonchev–Trinajstić information content (AvgIpc) is 3.67. The Kier molecular flexibility index (Phi) is 2.39. The van der Waals surface area contributed by atoms with Crippen LogP contribution in [0.2, 0.25) is 0 Å². The van der Waals surface area contributed by atoms with Gasteiger partial charge in [-0.25, -0.2) is 0 Å². The summed E-state index contributed by atoms with van der Waals surface area (Å²) >= 11 is 0. The number of rotatable bonds is 3. The fourth-order valence-corrected chi connectivity index (χ4v) is 5.47. The highest BCUT2D eigenvalue weighted by Gasteiger charge is 2.20. The summed E-state index contributed by atoms with van der Waals surface area (Å²) in [6.45, 7) is 0. The van der Waals surface area contributed by atoms with Gasteiger partial charge in [-0.2, -0.15) is 0 Å². The lowest BCUT2D eigenvalue weighted by Gasteiger charge is -2.18. The van der Waals surface area contributed by atoms with Crippen molar-refractivity contribution in [2.45, 2.75) is 0 Å². The molecule has 43 heavy (non-hydrogen) atoms. The van der Waals surface area contributed by atoms with Gasteiger partial charge < -0.3 is 4.42 Å². The van der Waals surface area contributed by atoms with Crippen molar-refractivity contribution >= 4 is 54.3 Å². The molecule has 9 aromatic rings. The highest BCUT2D eigenvalue weighted by atomic mass is 16.3. The summed E-state index contributed by atoms with van der Waals surface area (Å²) in [4.78, 5) is 0. The smallest absolute Gasteiger partial charge is 0.136 e. The summed E-state index contributed by atoms with van der Waals surface area (Å²) in [7, 11) is 0. The Hall–Kier alpha value is -5.66. The van der Waals surface area contributed by atoms with Crippen LogP contribution in [0.1, 0.15) is 30.2 Å². The lowest BCUT2D eigenvalue weighted by Crippen LogP contribution is -1.91. The van der Waals surface area contributed by atoms with Crippen LogP contribution in [0.15, 0.2) is 162 Å². The minimum atomic E-state index is -0.859. The minimum absolute atomic E-state index is 0.0629. The molecule has 1 heterocycles. The second-order valence-electron chi connectivity index (χ2n) is 9.57. The molecule has 0 aliphatic rings. The molecule has 0 saturated carbocycles. The van der Waals surface area contributed by atoms with Gasteiger partial charge in [-0.05, 0) is 89.9 Å². The fourth-order valence-electron chi connectivity index (χ4n) is 5.47. The Morgan fingerprint density at radius 1 is 0.395 bits per heavy atom. The van der Waals surface area contributed by atoms with Crippen LogP contribution in [0.25, 0.3) is 87.6 Å². The third-order valence-electron chi connectivity index (χ3n) is 7.26. The number of hydrogen-bond acceptors (Lipinski definition) is 1. The molecule has 0 aliphatic heterocycles. The van der Waals surface area contributed by atoms with E-state index in [-0.39, 0.29) is 49.0 Å². The Bertz CT molecular complexity index is 3670. The molecule has 0 aliphatic carbocycles. The van der Waals surface area contributed by atoms with Gasteiger partial charge in [0.2, 0.25) is 0 Å². The van der Waals surface area contributed by atoms with Gasteiger partial charge in [0.15, 0.2) is 0 Å². The maximum absolute atomic E-state index is 9.72. The second-order valence-corrected chi connectivity index (χ2v) is 9.57. The topological polar surface area (TPSA) is 13.1 Å². The summed E-state index contributed by atoms with van der Waals surface area (Å²) < 4.78 is 200. The molecule has 0 atom stereocenters. The van der Waals surface area contributed by atoms with Crippen LogP contribution in [-0.2, 0) is 0 Å². The summed E-state index contributed by atoms with van der Waals surface area (Å²) in [6.07, 6.45) is 0. The molecule has 0 amide bonds. The molecular weight excluding hydrogens is 520 g/mol. The van der Waals surface area contributed by atoms with Crippen LogP contribution in [-0.4, -0.2) is 0 Å². The molecular formula is C42H26O. The maximum atomic E-state index is 9.72. The van der Waals surface area contributed by atoms with E-state index in [9.17, 15) is 5.48 Å². The van der Waals surface area contributed by atoms with Crippen molar-refractivity contribution < 1.29 is 34.6 Å². The van der Waals surface area contributed by atoms with E-state index in [0.29, 0.717) is 0 Å². The standard InChI is InChI=1S/C42H26O/c1-2-12-28-25-30(24-23-27(28)11-1)29-13-9-14-31(26-29)40-32-15-3-5-17-34(32)41(35-18-6-4-16-33(35)40)37-20-10-22-39-42(37)36-19-7-8-21-38(36)43-39/h1-26H/i1D,2D,3D,4D,5D,6D,7D,8D,9D,10D,11D,12D,13D,14D,19D,20D,21D,22D,23D,24D,25D,26D. The highest BCUT2D eigenvalue weighted by Crippen LogP contribution is 2.47. The maximum Gasteiger partial charge on any atom is 0.136 e. The van der Waals surface area contributed by atoms with Gasteiger partial charge in [0.1, 0.15) is 11.2 Å². The molecule has 0 unspecified atom stereocenters. The van der Waals surface area contributed by atoms with E-state index in [2.05, 4.69) is 0 Å². The van der Waals surface area contributed by atoms with Gasteiger partial charge in [-0.1, -0.05) is 133 Å². The molecule has 0 saturated heterocycles. The number of hydrogen-bond donors (Lipinski definition) is 0. The van der Waals surface area contributed by atoms with Crippen molar-refractivity contribution in [3.05, 3.63) is 157 Å². The lowest BCUT2D eigenvalue weighted by molar-refractivity contribution is 0.669. The molecule has 0 spiro atoms. The van der Waals surface area contributed by atoms with Crippen molar-refractivity contribution in [2.75, 3.05) is 0 Å². The van der Waals surface area contributed by atoms with E-state index >= 15 is 0 Å². The third-order valence-corrected chi connectivity index (χ3v) is 7.26. The quantitative estimate of drug-likeness (QED) is 0.193. The lowest BCUT2D eigenvalue weighted by atomic mass is 9.84. The molecule has 0 N–H and O–H groups in total. The summed E-state index contributed by atoms with van der Waals surface area (Å²) in [6, 6.07) is -10.2. The Morgan fingerprint density at radius 3 is 1.79 bits per heavy atom. The largest absolute Gasteiger partial charge is 0.456 e. The SMILES string of the molecule is [2H]c1cc2c(-c3c([2H])c([2H])c([2H])c(-c4c([2H])c([2H])c5c([2H])c([2H])c([2H])c([2H])c5c4[2H])c3[2H])c3cc([2H])c([2H])cc3c(-c3c([2H])c([2H])c([2H])c4oc5c([2H])c([2H])c([2H])c([2H])c5c34)c2cc1[2H]. The van der Waals surface area contributed by atoms with Crippen LogP contribution in [0.4, 0.5) is 0 Å². The van der Waals surface area contributed by atoms with Gasteiger partial charge >= 0.3 is 0 Å². The number of fused-ring (bicyclic) bond motifs is 6. The van der Waals surface area contributed by atoms with Gasteiger partial charge in [0.05, 0.1) is 30.2 Å². The number of para-hydroxylation sites is 1.